The van der Waals surface area contributed by atoms with E-state index in [1.165, 1.54) is 11.6 Å². The summed E-state index contributed by atoms with van der Waals surface area (Å²) in [5.41, 5.74) is 2.88. The van der Waals surface area contributed by atoms with Crippen LogP contribution in [0.2, 0.25) is 0 Å². The zero-order valence-corrected chi connectivity index (χ0v) is 16.0. The van der Waals surface area contributed by atoms with Crippen molar-refractivity contribution in [2.45, 2.75) is 65.2 Å². The monoisotopic (exact) mass is 358 g/mol. The van der Waals surface area contributed by atoms with Gasteiger partial charge in [-0.2, -0.15) is 0 Å². The van der Waals surface area contributed by atoms with Gasteiger partial charge in [-0.05, 0) is 57.1 Å². The number of carboxylic acid groups (broad SMARTS) is 1. The van der Waals surface area contributed by atoms with Crippen molar-refractivity contribution < 1.29 is 20.1 Å². The first-order valence-corrected chi connectivity index (χ1v) is 9.41. The normalized spacial score (nSPS) is 19.9. The smallest absolute Gasteiger partial charge is 0.339 e. The number of aromatic carboxylic acids is 1. The summed E-state index contributed by atoms with van der Waals surface area (Å²) in [4.78, 5) is 11.8. The van der Waals surface area contributed by atoms with Gasteiger partial charge in [-0.25, -0.2) is 4.79 Å². The van der Waals surface area contributed by atoms with Gasteiger partial charge in [0.25, 0.3) is 0 Å². The Balaban J connectivity index is 2.58. The Kier molecular flexibility index (Phi) is 6.52. The van der Waals surface area contributed by atoms with E-state index in [9.17, 15) is 20.1 Å². The van der Waals surface area contributed by atoms with Crippen LogP contribution in [0.5, 0.6) is 11.5 Å². The number of phenolic OH excluding ortho intramolecular Hbond substituents is 1. The van der Waals surface area contributed by atoms with Gasteiger partial charge in [0, 0.05) is 11.5 Å². The van der Waals surface area contributed by atoms with Crippen LogP contribution in [0.1, 0.15) is 80.3 Å². The molecule has 142 valence electrons. The molecule has 1 aliphatic rings. The molecule has 4 nitrogen and oxygen atoms in total. The first-order chi connectivity index (χ1) is 12.3. The molecular formula is C22H30O4. The van der Waals surface area contributed by atoms with E-state index in [1.54, 1.807) is 0 Å². The van der Waals surface area contributed by atoms with Gasteiger partial charge in [0.1, 0.15) is 17.1 Å². The number of unbranched alkanes of at least 4 members (excludes halogenated alkanes) is 2. The van der Waals surface area contributed by atoms with Crippen LogP contribution in [0, 0.1) is 5.92 Å². The van der Waals surface area contributed by atoms with Crippen molar-refractivity contribution in [3.05, 3.63) is 46.6 Å². The van der Waals surface area contributed by atoms with Gasteiger partial charge in [0.15, 0.2) is 0 Å². The molecule has 1 aromatic carbocycles. The molecule has 1 aromatic rings. The number of allylic oxidation sites excluding steroid dienone is 3. The largest absolute Gasteiger partial charge is 0.507 e. The fourth-order valence-electron chi connectivity index (χ4n) is 3.96. The van der Waals surface area contributed by atoms with Crippen LogP contribution < -0.4 is 0 Å². The number of rotatable bonds is 7. The van der Waals surface area contributed by atoms with Crippen LogP contribution in [0.15, 0.2) is 29.9 Å². The van der Waals surface area contributed by atoms with Crippen LogP contribution in [0.3, 0.4) is 0 Å². The summed E-state index contributed by atoms with van der Waals surface area (Å²) in [6.07, 6.45) is 7.19. The Labute approximate surface area is 155 Å². The third kappa shape index (κ3) is 4.12. The second-order valence-corrected chi connectivity index (χ2v) is 7.48. The molecule has 0 aromatic heterocycles. The molecule has 0 saturated carbocycles. The molecule has 4 heteroatoms. The van der Waals surface area contributed by atoms with Gasteiger partial charge in [-0.1, -0.05) is 43.6 Å². The summed E-state index contributed by atoms with van der Waals surface area (Å²) in [5.74, 6) is -1.67. The van der Waals surface area contributed by atoms with Crippen LogP contribution in [-0.4, -0.2) is 21.3 Å². The molecule has 0 amide bonds. The SMILES string of the molecule is C=C(C)[C@@H]1CCC(C)=CC1c1c(O)cc(CCCCC)c(C(=O)O)c1O. The summed E-state index contributed by atoms with van der Waals surface area (Å²) in [7, 11) is 0. The zero-order valence-electron chi connectivity index (χ0n) is 16.0. The average Bonchev–Trinajstić information content (AvgIpc) is 2.54. The highest BCUT2D eigenvalue weighted by molar-refractivity contribution is 5.94. The van der Waals surface area contributed by atoms with E-state index in [2.05, 4.69) is 13.5 Å². The minimum atomic E-state index is -1.15. The lowest BCUT2D eigenvalue weighted by molar-refractivity contribution is 0.0692. The fourth-order valence-corrected chi connectivity index (χ4v) is 3.96. The Bertz CT molecular complexity index is 730. The van der Waals surface area contributed by atoms with Crippen LogP contribution >= 0.6 is 0 Å². The average molecular weight is 358 g/mol. The Hall–Kier alpha value is -2.23. The number of carboxylic acids is 1. The minimum absolute atomic E-state index is 0.0267. The number of hydrogen-bond donors (Lipinski definition) is 3. The van der Waals surface area contributed by atoms with Crippen molar-refractivity contribution >= 4 is 5.97 Å². The molecule has 1 unspecified atom stereocenters. The van der Waals surface area contributed by atoms with Gasteiger partial charge in [-0.3, -0.25) is 0 Å². The van der Waals surface area contributed by atoms with E-state index in [4.69, 9.17) is 0 Å². The van der Waals surface area contributed by atoms with Crippen molar-refractivity contribution in [1.82, 2.24) is 0 Å². The maximum atomic E-state index is 11.8. The van der Waals surface area contributed by atoms with E-state index in [1.807, 2.05) is 19.9 Å². The van der Waals surface area contributed by atoms with Gasteiger partial charge in [-0.15, -0.1) is 0 Å². The van der Waals surface area contributed by atoms with Crippen molar-refractivity contribution in [2.24, 2.45) is 5.92 Å². The quantitative estimate of drug-likeness (QED) is 0.441. The molecule has 0 fully saturated rings. The Morgan fingerprint density at radius 2 is 2.00 bits per heavy atom. The molecule has 1 aliphatic carbocycles. The van der Waals surface area contributed by atoms with Crippen LogP contribution in [0.25, 0.3) is 0 Å². The molecule has 3 N–H and O–H groups in total. The molecule has 0 radical (unpaired) electrons. The lowest BCUT2D eigenvalue weighted by atomic mass is 9.73. The summed E-state index contributed by atoms with van der Waals surface area (Å²) >= 11 is 0. The van der Waals surface area contributed by atoms with Gasteiger partial charge in [0.2, 0.25) is 0 Å². The maximum absolute atomic E-state index is 11.8. The van der Waals surface area contributed by atoms with Gasteiger partial charge >= 0.3 is 5.97 Å². The first-order valence-electron chi connectivity index (χ1n) is 9.41. The third-order valence-corrected chi connectivity index (χ3v) is 5.38. The predicted molar refractivity (Wildman–Crippen MR) is 104 cm³/mol. The molecule has 0 spiro atoms. The Morgan fingerprint density at radius 1 is 1.31 bits per heavy atom. The number of phenols is 2. The first kappa shape index (κ1) is 20.1. The van der Waals surface area contributed by atoms with Crippen molar-refractivity contribution in [3.8, 4) is 11.5 Å². The highest BCUT2D eigenvalue weighted by Crippen LogP contribution is 2.48. The van der Waals surface area contributed by atoms with Gasteiger partial charge in [0.05, 0.1) is 0 Å². The summed E-state index contributed by atoms with van der Waals surface area (Å²) in [6, 6.07) is 1.53. The third-order valence-electron chi connectivity index (χ3n) is 5.38. The van der Waals surface area contributed by atoms with Gasteiger partial charge < -0.3 is 15.3 Å². The molecule has 2 atom stereocenters. The van der Waals surface area contributed by atoms with Crippen molar-refractivity contribution in [1.29, 1.82) is 0 Å². The van der Waals surface area contributed by atoms with E-state index in [0.29, 0.717) is 17.5 Å². The summed E-state index contributed by atoms with van der Waals surface area (Å²) in [5, 5.41) is 31.1. The van der Waals surface area contributed by atoms with Crippen molar-refractivity contribution in [3.63, 3.8) is 0 Å². The molecule has 0 aliphatic heterocycles. The van der Waals surface area contributed by atoms with Crippen molar-refractivity contribution in [2.75, 3.05) is 0 Å². The highest BCUT2D eigenvalue weighted by atomic mass is 16.4. The number of carbonyl (C=O) groups is 1. The van der Waals surface area contributed by atoms with E-state index in [0.717, 1.165) is 37.7 Å². The summed E-state index contributed by atoms with van der Waals surface area (Å²) in [6.45, 7) is 10.1. The number of aromatic hydroxyl groups is 2. The second kappa shape index (κ2) is 8.43. The molecule has 0 bridgehead atoms. The topological polar surface area (TPSA) is 77.8 Å². The summed E-state index contributed by atoms with van der Waals surface area (Å²) < 4.78 is 0. The van der Waals surface area contributed by atoms with E-state index >= 15 is 0 Å². The highest BCUT2D eigenvalue weighted by Gasteiger charge is 2.32. The maximum Gasteiger partial charge on any atom is 0.339 e. The minimum Gasteiger partial charge on any atom is -0.507 e. The molecular weight excluding hydrogens is 328 g/mol. The standard InChI is InChI=1S/C22H30O4/c1-5-6-7-8-15-12-18(23)20(21(24)19(15)22(25)26)17-11-14(4)9-10-16(17)13(2)3/h11-12,16-17,23-24H,2,5-10H2,1,3-4H3,(H,25,26)/t16-,17?/m0/s1. The zero-order chi connectivity index (χ0) is 19.4. The lowest BCUT2D eigenvalue weighted by Crippen LogP contribution is -2.18. The fraction of sp³-hybridized carbons (Fsp3) is 0.500. The molecule has 2 rings (SSSR count). The predicted octanol–water partition coefficient (Wildman–Crippen LogP) is 5.54. The number of benzene rings is 1. The van der Waals surface area contributed by atoms with Crippen LogP contribution in [-0.2, 0) is 6.42 Å². The molecule has 0 heterocycles. The van der Waals surface area contributed by atoms with E-state index < -0.39 is 5.97 Å². The molecule has 0 saturated heterocycles. The second-order valence-electron chi connectivity index (χ2n) is 7.48. The van der Waals surface area contributed by atoms with E-state index in [-0.39, 0.29) is 28.9 Å². The Morgan fingerprint density at radius 3 is 2.58 bits per heavy atom. The lowest BCUT2D eigenvalue weighted by Gasteiger charge is -2.32. The number of hydrogen-bond acceptors (Lipinski definition) is 3. The molecule has 26 heavy (non-hydrogen) atoms. The van der Waals surface area contributed by atoms with Crippen LogP contribution in [0.4, 0.5) is 0 Å². The number of aryl methyl sites for hydroxylation is 1.